The van der Waals surface area contributed by atoms with Crippen LogP contribution < -0.4 is 0 Å². The van der Waals surface area contributed by atoms with Crippen molar-refractivity contribution in [2.24, 2.45) is 87.3 Å². The van der Waals surface area contributed by atoms with E-state index < -0.39 is 58.5 Å². The topological polar surface area (TPSA) is 316 Å². The third-order valence-electron chi connectivity index (χ3n) is 25.8. The Morgan fingerprint density at radius 3 is 1.10 bits per heavy atom. The lowest BCUT2D eigenvalue weighted by Crippen LogP contribution is -2.58. The van der Waals surface area contributed by atoms with Crippen LogP contribution in [0.1, 0.15) is 207 Å². The minimum atomic E-state index is -0.902. The molecule has 6 aliphatic carbocycles. The molecule has 0 amide bonds. The minimum Gasteiger partial charge on any atom is -0.462 e. The third kappa shape index (κ3) is 18.4. The zero-order valence-corrected chi connectivity index (χ0v) is 65.4. The molecule has 6 saturated heterocycles. The monoisotopic (exact) mass is 1480 g/mol. The van der Waals surface area contributed by atoms with Gasteiger partial charge in [0.1, 0.15) is 72.7 Å². The molecule has 12 aliphatic rings. The molecule has 0 N–H and O–H groups in total. The number of esters is 12. The van der Waals surface area contributed by atoms with Crippen molar-refractivity contribution in [3.8, 4) is 0 Å². The van der Waals surface area contributed by atoms with Crippen LogP contribution >= 0.6 is 0 Å². The summed E-state index contributed by atoms with van der Waals surface area (Å²) in [5.41, 5.74) is -2.16. The normalized spacial score (nSPS) is 34.1. The molecule has 24 nitrogen and oxygen atoms in total. The molecule has 18 atom stereocenters. The van der Waals surface area contributed by atoms with Gasteiger partial charge in [-0.3, -0.25) is 28.8 Å². The molecule has 0 spiro atoms. The Hall–Kier alpha value is -7.92. The second kappa shape index (κ2) is 33.3. The Morgan fingerprint density at radius 1 is 0.387 bits per heavy atom. The average molecular weight is 1490 g/mol. The largest absolute Gasteiger partial charge is 0.462 e. The Kier molecular flexibility index (Phi) is 26.8. The summed E-state index contributed by atoms with van der Waals surface area (Å²) in [4.78, 5) is 139. The summed E-state index contributed by atoms with van der Waals surface area (Å²) in [6.07, 6.45) is 17.5. The number of hydrogen-bond acceptors (Lipinski definition) is 24. The predicted molar refractivity (Wildman–Crippen MR) is 385 cm³/mol. The third-order valence-corrected chi connectivity index (χ3v) is 25.8. The molecule has 0 aromatic rings. The maximum absolute atomic E-state index is 12.5. The summed E-state index contributed by atoms with van der Waals surface area (Å²) in [6, 6.07) is 0. The first-order valence-electron chi connectivity index (χ1n) is 37.4. The van der Waals surface area contributed by atoms with E-state index in [2.05, 4.69) is 81.0 Å². The van der Waals surface area contributed by atoms with Crippen molar-refractivity contribution in [1.82, 2.24) is 0 Å². The lowest BCUT2D eigenvalue weighted by atomic mass is 9.63. The predicted octanol–water partition coefficient (Wildman–Crippen LogP) is 12.1. The van der Waals surface area contributed by atoms with Gasteiger partial charge < -0.3 is 56.8 Å². The van der Waals surface area contributed by atoms with E-state index in [9.17, 15) is 57.5 Å². The highest BCUT2D eigenvalue weighted by atomic mass is 16.6. The Bertz CT molecular complexity index is 3480. The zero-order chi connectivity index (χ0) is 79.4. The van der Waals surface area contributed by atoms with E-state index in [0.29, 0.717) is 28.6 Å². The van der Waals surface area contributed by atoms with Gasteiger partial charge >= 0.3 is 71.6 Å². The molecule has 6 aliphatic heterocycles. The molecule has 6 saturated carbocycles. The van der Waals surface area contributed by atoms with E-state index in [1.807, 2.05) is 20.8 Å². The number of fused-ring (bicyclic) bond motifs is 12. The average Bonchev–Trinajstić information content (AvgIpc) is 1.13. The summed E-state index contributed by atoms with van der Waals surface area (Å²) in [5.74, 6) is -4.76. The van der Waals surface area contributed by atoms with Gasteiger partial charge in [-0.25, -0.2) is 28.8 Å². The van der Waals surface area contributed by atoms with E-state index in [1.54, 1.807) is 48.5 Å². The van der Waals surface area contributed by atoms with Crippen molar-refractivity contribution in [2.75, 3.05) is 26.4 Å². The highest BCUT2D eigenvalue weighted by Crippen LogP contribution is 2.62. The summed E-state index contributed by atoms with van der Waals surface area (Å²) < 4.78 is 63.7. The van der Waals surface area contributed by atoms with Crippen LogP contribution in [-0.4, -0.2) is 144 Å². The van der Waals surface area contributed by atoms with E-state index >= 15 is 0 Å². The Morgan fingerprint density at radius 2 is 0.708 bits per heavy atom. The van der Waals surface area contributed by atoms with Gasteiger partial charge in [0, 0.05) is 51.2 Å². The molecule has 106 heavy (non-hydrogen) atoms. The molecule has 18 unspecified atom stereocenters. The summed E-state index contributed by atoms with van der Waals surface area (Å²) in [5, 5.41) is 0. The minimum absolute atomic E-state index is 0.0772. The van der Waals surface area contributed by atoms with Gasteiger partial charge in [-0.15, -0.1) is 0 Å². The fraction of sp³-hybridized carbons (Fsp3) is 0.707. The van der Waals surface area contributed by atoms with Crippen LogP contribution in [0.4, 0.5) is 0 Å². The number of carbonyl (C=O) groups excluding carboxylic acids is 12. The Labute approximate surface area is 624 Å². The zero-order valence-electron chi connectivity index (χ0n) is 65.4. The van der Waals surface area contributed by atoms with E-state index in [4.69, 9.17) is 56.8 Å². The number of hydrogen-bond donors (Lipinski definition) is 0. The van der Waals surface area contributed by atoms with Gasteiger partial charge in [0.15, 0.2) is 0 Å². The molecule has 0 aromatic heterocycles. The molecule has 24 heteroatoms. The highest BCUT2D eigenvalue weighted by Gasteiger charge is 2.67. The quantitative estimate of drug-likeness (QED) is 0.0699. The number of ether oxygens (including phenoxy) is 12. The van der Waals surface area contributed by atoms with Crippen LogP contribution in [-0.2, 0) is 114 Å². The molecule has 0 aromatic carbocycles. The second-order valence-electron chi connectivity index (χ2n) is 34.3. The van der Waals surface area contributed by atoms with Gasteiger partial charge in [-0.05, 0) is 201 Å². The van der Waals surface area contributed by atoms with Crippen molar-refractivity contribution in [2.45, 2.75) is 253 Å². The second-order valence-corrected chi connectivity index (χ2v) is 34.3. The first-order chi connectivity index (χ1) is 49.1. The lowest BCUT2D eigenvalue weighted by molar-refractivity contribution is -0.212. The van der Waals surface area contributed by atoms with Gasteiger partial charge in [-0.1, -0.05) is 81.0 Å². The molecular formula is C82H116O24. The van der Waals surface area contributed by atoms with Gasteiger partial charge in [0.2, 0.25) is 0 Å². The molecule has 6 heterocycles. The van der Waals surface area contributed by atoms with Crippen molar-refractivity contribution in [1.29, 1.82) is 0 Å². The van der Waals surface area contributed by atoms with Crippen LogP contribution in [0.25, 0.3) is 0 Å². The van der Waals surface area contributed by atoms with E-state index in [0.717, 1.165) is 115 Å². The van der Waals surface area contributed by atoms with Crippen LogP contribution in [0, 0.1) is 87.3 Å². The number of rotatable bonds is 18. The fourth-order valence-corrected chi connectivity index (χ4v) is 18.2. The van der Waals surface area contributed by atoms with Crippen LogP contribution in [0.15, 0.2) is 74.4 Å². The maximum atomic E-state index is 12.5. The molecule has 0 radical (unpaired) electrons. The molecule has 12 rings (SSSR count). The van der Waals surface area contributed by atoms with Gasteiger partial charge in [-0.2, -0.15) is 0 Å². The summed E-state index contributed by atoms with van der Waals surface area (Å²) in [6.45, 7) is 51.8. The standard InChI is InChI=1S/C17H26O4.C15H22O4.C14H20O4.C13H18O4.C12H16O4.C11H14O4/c1-10(2)13(18)20-16(5,6)12-11-8-9-17(7,15(11,3)4)21-14(12)19;1-9(2)12(16)18-8-10-11-6-7-15(5,14(11,3)4)19-13(10)17;1-5-11(15)17-8-9-10-6-7-14(4,13(10,2)3)18-12(9)16;1-4-10(14)17-13(2,3)11-8-5-6-9(7-8)16-12(11)15;1-7(2)11(13)15-6-10-8-3-4-9(5-8)16-12(10)14;1-2-10(12)14-6-9-7-3-4-8(5-7)15-11(9)13/h11-12H,1,8-9H2,2-7H3;10-11H,1,6-8H2,2-5H3;5,9-10H,1,6-8H2,2-4H3;4,8-9,11H,1,5-7H2,2-3H3;8-10H,1,3-6H2,2H3;2,7-9H,1,3-6H2. The van der Waals surface area contributed by atoms with E-state index in [-0.39, 0.29) is 161 Å². The molecule has 588 valence electrons. The first kappa shape index (κ1) is 85.3. The van der Waals surface area contributed by atoms with Crippen molar-refractivity contribution in [3.63, 3.8) is 0 Å². The summed E-state index contributed by atoms with van der Waals surface area (Å²) >= 11 is 0. The van der Waals surface area contributed by atoms with Crippen LogP contribution in [0.3, 0.4) is 0 Å². The summed E-state index contributed by atoms with van der Waals surface area (Å²) in [7, 11) is 0. The molecule has 12 fully saturated rings. The Balaban J connectivity index is 0.000000178. The molecular weight excluding hydrogens is 1370 g/mol. The fourth-order valence-electron chi connectivity index (χ4n) is 18.2. The smallest absolute Gasteiger partial charge is 0.333 e. The van der Waals surface area contributed by atoms with Crippen molar-refractivity contribution < 1.29 is 114 Å². The highest BCUT2D eigenvalue weighted by molar-refractivity contribution is 5.89. The van der Waals surface area contributed by atoms with Gasteiger partial charge in [0.25, 0.3) is 0 Å². The molecule has 12 bridgehead atoms. The van der Waals surface area contributed by atoms with Crippen molar-refractivity contribution in [3.05, 3.63) is 74.4 Å². The maximum Gasteiger partial charge on any atom is 0.333 e. The van der Waals surface area contributed by atoms with E-state index in [1.165, 1.54) is 0 Å². The first-order valence-corrected chi connectivity index (χ1v) is 37.4. The van der Waals surface area contributed by atoms with Crippen LogP contribution in [0.5, 0.6) is 0 Å². The van der Waals surface area contributed by atoms with Crippen LogP contribution in [0.2, 0.25) is 0 Å². The van der Waals surface area contributed by atoms with Gasteiger partial charge in [0.05, 0.1) is 35.5 Å². The van der Waals surface area contributed by atoms with Crippen molar-refractivity contribution >= 4 is 71.6 Å². The number of carbonyl (C=O) groups is 12. The lowest BCUT2D eigenvalue weighted by Gasteiger charge is -2.51. The SMILES string of the molecule is C=C(C)C(=O)OC(C)(C)C1C(=O)OC2(C)CCC1C2(C)C.C=C(C)C(=O)OCC1C(=O)OC2(C)CCC1C2(C)C.C=C(C)C(=O)OCC1C(=O)OC2CCC1C2.C=CC(=O)OC(C)(C)C1C(=O)OC2CCC1C2.C=CC(=O)OCC1C(=O)OC2(C)CCC1C2(C)C.C=CC(=O)OCC1C(=O)OC2CCC1C2.